The zero-order valence-electron chi connectivity index (χ0n) is 12.7. The normalized spacial score (nSPS) is 17.6. The Hall–Kier alpha value is -0.900. The van der Waals surface area contributed by atoms with Gasteiger partial charge in [0.25, 0.3) is 0 Å². The Labute approximate surface area is 117 Å². The van der Waals surface area contributed by atoms with Gasteiger partial charge in [-0.25, -0.2) is 0 Å². The molecule has 0 N–H and O–H groups in total. The van der Waals surface area contributed by atoms with Gasteiger partial charge >= 0.3 is 0 Å². The van der Waals surface area contributed by atoms with Gasteiger partial charge in [-0.05, 0) is 18.4 Å². The van der Waals surface area contributed by atoms with Gasteiger partial charge in [0.2, 0.25) is 0 Å². The summed E-state index contributed by atoms with van der Waals surface area (Å²) in [6, 6.07) is 10.1. The first-order valence-corrected chi connectivity index (χ1v) is 7.00. The van der Waals surface area contributed by atoms with Crippen molar-refractivity contribution in [2.75, 3.05) is 27.4 Å². The molecule has 110 valence electrons. The Balaban J connectivity index is 0.000000303. The van der Waals surface area contributed by atoms with Gasteiger partial charge < -0.3 is 14.2 Å². The summed E-state index contributed by atoms with van der Waals surface area (Å²) in [5.41, 5.74) is 1.22. The Kier molecular flexibility index (Phi) is 12.9. The maximum Gasteiger partial charge on any atom is 0.0805 e. The quantitative estimate of drug-likeness (QED) is 0.837. The fourth-order valence-corrected chi connectivity index (χ4v) is 1.64. The van der Waals surface area contributed by atoms with Crippen LogP contribution in [0.3, 0.4) is 0 Å². The van der Waals surface area contributed by atoms with E-state index in [-0.39, 0.29) is 0 Å². The van der Waals surface area contributed by atoms with E-state index in [0.29, 0.717) is 12.7 Å². The molecular formula is C16H28O3. The number of rotatable bonds is 3. The molecular weight excluding hydrogens is 240 g/mol. The number of benzene rings is 1. The lowest BCUT2D eigenvalue weighted by Crippen LogP contribution is -2.23. The van der Waals surface area contributed by atoms with Crippen molar-refractivity contribution in [2.45, 2.75) is 39.4 Å². The molecule has 1 heterocycles. The van der Waals surface area contributed by atoms with Crippen LogP contribution >= 0.6 is 0 Å². The van der Waals surface area contributed by atoms with Crippen molar-refractivity contribution in [2.24, 2.45) is 0 Å². The summed E-state index contributed by atoms with van der Waals surface area (Å²) in [5.74, 6) is 0. The molecule has 0 aromatic heterocycles. The van der Waals surface area contributed by atoms with Gasteiger partial charge in [0.15, 0.2) is 0 Å². The van der Waals surface area contributed by atoms with Gasteiger partial charge in [-0.1, -0.05) is 44.2 Å². The SMILES string of the molecule is CC.COCc1ccccc1.CO[C@H]1CCCOC1. The largest absolute Gasteiger partial charge is 0.380 e. The van der Waals surface area contributed by atoms with Crippen LogP contribution in [-0.2, 0) is 20.8 Å². The monoisotopic (exact) mass is 268 g/mol. The second kappa shape index (κ2) is 13.5. The fourth-order valence-electron chi connectivity index (χ4n) is 1.64. The Morgan fingerprint density at radius 2 is 1.84 bits per heavy atom. The fraction of sp³-hybridized carbons (Fsp3) is 0.625. The maximum atomic E-state index is 5.15. The van der Waals surface area contributed by atoms with E-state index in [2.05, 4.69) is 0 Å². The minimum Gasteiger partial charge on any atom is -0.380 e. The van der Waals surface area contributed by atoms with E-state index in [1.165, 1.54) is 5.56 Å². The molecule has 2 rings (SSSR count). The topological polar surface area (TPSA) is 27.7 Å². The van der Waals surface area contributed by atoms with Gasteiger partial charge in [0.1, 0.15) is 0 Å². The Morgan fingerprint density at radius 3 is 2.26 bits per heavy atom. The van der Waals surface area contributed by atoms with Gasteiger partial charge in [0, 0.05) is 20.8 Å². The van der Waals surface area contributed by atoms with Crippen LogP contribution in [0.15, 0.2) is 30.3 Å². The van der Waals surface area contributed by atoms with E-state index >= 15 is 0 Å². The van der Waals surface area contributed by atoms with E-state index in [1.54, 1.807) is 14.2 Å². The predicted octanol–water partition coefficient (Wildman–Crippen LogP) is 3.67. The number of ether oxygens (including phenoxy) is 3. The summed E-state index contributed by atoms with van der Waals surface area (Å²) >= 11 is 0. The number of hydrogen-bond donors (Lipinski definition) is 0. The van der Waals surface area contributed by atoms with E-state index in [1.807, 2.05) is 44.2 Å². The minimum absolute atomic E-state index is 0.365. The third kappa shape index (κ3) is 9.65. The zero-order valence-corrected chi connectivity index (χ0v) is 12.7. The molecule has 3 heteroatoms. The second-order valence-corrected chi connectivity index (χ2v) is 3.99. The van der Waals surface area contributed by atoms with Gasteiger partial charge in [-0.2, -0.15) is 0 Å². The van der Waals surface area contributed by atoms with Crippen molar-refractivity contribution in [1.82, 2.24) is 0 Å². The summed E-state index contributed by atoms with van der Waals surface area (Å²) in [4.78, 5) is 0. The third-order valence-corrected chi connectivity index (χ3v) is 2.61. The summed E-state index contributed by atoms with van der Waals surface area (Å²) in [5, 5.41) is 0. The van der Waals surface area contributed by atoms with Crippen LogP contribution in [0.4, 0.5) is 0 Å². The van der Waals surface area contributed by atoms with Crippen molar-refractivity contribution in [3.63, 3.8) is 0 Å². The summed E-state index contributed by atoms with van der Waals surface area (Å²) in [6.45, 7) is 6.41. The molecule has 1 atom stereocenters. The highest BCUT2D eigenvalue weighted by Gasteiger charge is 2.11. The third-order valence-electron chi connectivity index (χ3n) is 2.61. The van der Waals surface area contributed by atoms with E-state index < -0.39 is 0 Å². The van der Waals surface area contributed by atoms with Crippen LogP contribution < -0.4 is 0 Å². The van der Waals surface area contributed by atoms with Crippen LogP contribution in [0.5, 0.6) is 0 Å². The lowest BCUT2D eigenvalue weighted by molar-refractivity contribution is -0.0291. The standard InChI is InChI=1S/C8H10O.C6H12O2.C2H6/c1-9-7-8-5-3-2-4-6-8;1-7-6-3-2-4-8-5-6;1-2/h2-6H,7H2,1H3;6H,2-5H2,1H3;1-2H3/t;6-;/m.0./s1. The molecule has 0 unspecified atom stereocenters. The molecule has 1 aliphatic rings. The van der Waals surface area contributed by atoms with Crippen LogP contribution in [0.1, 0.15) is 32.3 Å². The van der Waals surface area contributed by atoms with Gasteiger partial charge in [0.05, 0.1) is 19.3 Å². The molecule has 0 amide bonds. The van der Waals surface area contributed by atoms with Crippen LogP contribution in [0.25, 0.3) is 0 Å². The van der Waals surface area contributed by atoms with Crippen molar-refractivity contribution in [1.29, 1.82) is 0 Å². The highest BCUT2D eigenvalue weighted by molar-refractivity contribution is 5.13. The van der Waals surface area contributed by atoms with Crippen molar-refractivity contribution in [3.8, 4) is 0 Å². The first kappa shape index (κ1) is 18.1. The highest BCUT2D eigenvalue weighted by atomic mass is 16.5. The lowest BCUT2D eigenvalue weighted by atomic mass is 10.2. The van der Waals surface area contributed by atoms with E-state index in [4.69, 9.17) is 14.2 Å². The average molecular weight is 268 g/mol. The first-order valence-electron chi connectivity index (χ1n) is 7.00. The van der Waals surface area contributed by atoms with Crippen molar-refractivity contribution < 1.29 is 14.2 Å². The maximum absolute atomic E-state index is 5.15. The molecule has 19 heavy (non-hydrogen) atoms. The molecule has 0 spiro atoms. The summed E-state index contributed by atoms with van der Waals surface area (Å²) in [6.07, 6.45) is 2.68. The van der Waals surface area contributed by atoms with Gasteiger partial charge in [-0.15, -0.1) is 0 Å². The lowest BCUT2D eigenvalue weighted by Gasteiger charge is -2.19. The van der Waals surface area contributed by atoms with Crippen LogP contribution in [0, 0.1) is 0 Å². The second-order valence-electron chi connectivity index (χ2n) is 3.99. The molecule has 3 nitrogen and oxygen atoms in total. The molecule has 1 fully saturated rings. The Bertz CT molecular complexity index is 269. The predicted molar refractivity (Wildman–Crippen MR) is 79.4 cm³/mol. The average Bonchev–Trinajstić information content (AvgIpc) is 2.52. The summed E-state index contributed by atoms with van der Waals surface area (Å²) in [7, 11) is 3.44. The smallest absolute Gasteiger partial charge is 0.0805 e. The molecule has 1 aliphatic heterocycles. The Morgan fingerprint density at radius 1 is 1.16 bits per heavy atom. The molecule has 1 saturated heterocycles. The van der Waals surface area contributed by atoms with Crippen LogP contribution in [-0.4, -0.2) is 33.5 Å². The van der Waals surface area contributed by atoms with Crippen molar-refractivity contribution >= 4 is 0 Å². The molecule has 0 saturated carbocycles. The molecule has 0 radical (unpaired) electrons. The van der Waals surface area contributed by atoms with Crippen molar-refractivity contribution in [3.05, 3.63) is 35.9 Å². The van der Waals surface area contributed by atoms with E-state index in [0.717, 1.165) is 26.1 Å². The molecule has 1 aromatic carbocycles. The van der Waals surface area contributed by atoms with Gasteiger partial charge in [-0.3, -0.25) is 0 Å². The minimum atomic E-state index is 0.365. The zero-order chi connectivity index (χ0) is 14.3. The molecule has 1 aromatic rings. The molecule has 0 bridgehead atoms. The number of methoxy groups -OCH3 is 2. The first-order chi connectivity index (χ1) is 9.36. The van der Waals surface area contributed by atoms with E-state index in [9.17, 15) is 0 Å². The number of hydrogen-bond acceptors (Lipinski definition) is 3. The molecule has 0 aliphatic carbocycles. The highest BCUT2D eigenvalue weighted by Crippen LogP contribution is 2.07. The summed E-state index contributed by atoms with van der Waals surface area (Å²) < 4.78 is 15.1. The van der Waals surface area contributed by atoms with Crippen LogP contribution in [0.2, 0.25) is 0 Å².